The number of nitrogens with two attached hydrogens (primary N) is 1. The van der Waals surface area contributed by atoms with Gasteiger partial charge in [-0.15, -0.1) is 0 Å². The fourth-order valence-electron chi connectivity index (χ4n) is 1.88. The van der Waals surface area contributed by atoms with E-state index in [1.54, 1.807) is 0 Å². The molecule has 118 valence electrons. The van der Waals surface area contributed by atoms with Gasteiger partial charge in [-0.05, 0) is 13.3 Å². The first kappa shape index (κ1) is 17.0. The highest BCUT2D eigenvalue weighted by atomic mass is 16.5. The maximum absolute atomic E-state index is 12.1. The van der Waals surface area contributed by atoms with E-state index in [2.05, 4.69) is 11.9 Å². The molecule has 0 fully saturated rings. The molecule has 0 amide bonds. The van der Waals surface area contributed by atoms with E-state index < -0.39 is 11.2 Å². The molecule has 0 atom stereocenters. The van der Waals surface area contributed by atoms with E-state index in [1.165, 1.54) is 11.6 Å². The van der Waals surface area contributed by atoms with Crippen LogP contribution in [0.4, 0.5) is 11.5 Å². The van der Waals surface area contributed by atoms with Gasteiger partial charge < -0.3 is 15.8 Å². The summed E-state index contributed by atoms with van der Waals surface area (Å²) in [6, 6.07) is 0. The molecule has 0 saturated heterocycles. The van der Waals surface area contributed by atoms with Gasteiger partial charge >= 0.3 is 5.69 Å². The molecule has 0 aliphatic heterocycles. The van der Waals surface area contributed by atoms with E-state index in [4.69, 9.17) is 10.5 Å². The van der Waals surface area contributed by atoms with E-state index in [-0.39, 0.29) is 11.5 Å². The summed E-state index contributed by atoms with van der Waals surface area (Å²) in [4.78, 5) is 24.1. The van der Waals surface area contributed by atoms with Crippen molar-refractivity contribution >= 4 is 11.5 Å². The number of nitrogen functional groups attached to an aromatic ring is 1. The normalized spacial score (nSPS) is 10.6. The first-order chi connectivity index (χ1) is 9.90. The molecule has 0 aliphatic carbocycles. The van der Waals surface area contributed by atoms with Crippen LogP contribution >= 0.6 is 0 Å². The molecule has 1 aromatic heterocycles. The summed E-state index contributed by atoms with van der Waals surface area (Å²) in [5.41, 5.74) is 6.28. The number of hydrogen-bond donors (Lipinski definition) is 2. The fourth-order valence-corrected chi connectivity index (χ4v) is 1.88. The molecule has 3 N–H and O–H groups in total. The van der Waals surface area contributed by atoms with Crippen molar-refractivity contribution in [2.45, 2.75) is 26.8 Å². The summed E-state index contributed by atoms with van der Waals surface area (Å²) in [5, 5.41) is 2.95. The third-order valence-corrected chi connectivity index (χ3v) is 2.93. The molecule has 1 aromatic rings. The minimum Gasteiger partial charge on any atom is -0.383 e. The molecule has 0 unspecified atom stereocenters. The largest absolute Gasteiger partial charge is 0.383 e. The summed E-state index contributed by atoms with van der Waals surface area (Å²) in [6.45, 7) is 9.35. The quantitative estimate of drug-likeness (QED) is 0.540. The second kappa shape index (κ2) is 7.68. The Morgan fingerprint density at radius 1 is 1.43 bits per heavy atom. The number of anilines is 2. The van der Waals surface area contributed by atoms with E-state index in [0.29, 0.717) is 26.3 Å². The highest BCUT2D eigenvalue weighted by molar-refractivity contribution is 5.60. The van der Waals surface area contributed by atoms with Gasteiger partial charge in [0.2, 0.25) is 0 Å². The Morgan fingerprint density at radius 3 is 2.67 bits per heavy atom. The number of nitrogens with zero attached hydrogens (tertiary/aromatic N) is 2. The average molecular weight is 296 g/mol. The predicted octanol–water partition coefficient (Wildman–Crippen LogP) is 0.544. The highest BCUT2D eigenvalue weighted by Gasteiger charge is 2.14. The summed E-state index contributed by atoms with van der Waals surface area (Å²) in [5.74, 6) is 0.171. The van der Waals surface area contributed by atoms with Crippen molar-refractivity contribution in [1.29, 1.82) is 0 Å². The molecule has 1 heterocycles. The Hall–Kier alpha value is -2.02. The van der Waals surface area contributed by atoms with Crippen LogP contribution in [0.3, 0.4) is 0 Å². The average Bonchev–Trinajstić information content (AvgIpc) is 2.44. The summed E-state index contributed by atoms with van der Waals surface area (Å²) in [6.07, 6.45) is 0.753. The first-order valence-corrected chi connectivity index (χ1v) is 6.95. The number of nitrogens with one attached hydrogen (secondary N) is 1. The summed E-state index contributed by atoms with van der Waals surface area (Å²) in [7, 11) is 1.44. The molecule has 21 heavy (non-hydrogen) atoms. The van der Waals surface area contributed by atoms with Crippen LogP contribution in [0.1, 0.15) is 20.3 Å². The third-order valence-electron chi connectivity index (χ3n) is 2.93. The minimum atomic E-state index is -0.426. The van der Waals surface area contributed by atoms with Gasteiger partial charge in [-0.25, -0.2) is 4.79 Å². The van der Waals surface area contributed by atoms with Crippen LogP contribution < -0.4 is 22.3 Å². The van der Waals surface area contributed by atoms with Crippen LogP contribution in [0.25, 0.3) is 0 Å². The first-order valence-electron chi connectivity index (χ1n) is 6.95. The zero-order valence-electron chi connectivity index (χ0n) is 12.9. The molecule has 0 aliphatic rings. The van der Waals surface area contributed by atoms with Gasteiger partial charge in [-0.1, -0.05) is 19.1 Å². The topological polar surface area (TPSA) is 91.3 Å². The predicted molar refractivity (Wildman–Crippen MR) is 84.8 cm³/mol. The summed E-state index contributed by atoms with van der Waals surface area (Å²) < 4.78 is 7.81. The van der Waals surface area contributed by atoms with Crippen molar-refractivity contribution < 1.29 is 4.74 Å². The maximum Gasteiger partial charge on any atom is 0.332 e. The van der Waals surface area contributed by atoms with E-state index in [0.717, 1.165) is 16.6 Å². The fraction of sp³-hybridized carbons (Fsp3) is 0.571. The number of hydrogen-bond acceptors (Lipinski definition) is 5. The molecule has 0 aromatic carbocycles. The van der Waals surface area contributed by atoms with Crippen molar-refractivity contribution in [2.24, 2.45) is 7.05 Å². The Balaban J connectivity index is 2.89. The SMILES string of the molecule is C=C(C)COCCNc1c(N)n(CCC)c(=O)n(C)c1=O. The number of aromatic nitrogens is 2. The van der Waals surface area contributed by atoms with Crippen molar-refractivity contribution in [3.8, 4) is 0 Å². The van der Waals surface area contributed by atoms with Crippen molar-refractivity contribution in [3.63, 3.8) is 0 Å². The van der Waals surface area contributed by atoms with Gasteiger partial charge in [-0.2, -0.15) is 0 Å². The molecule has 0 saturated carbocycles. The van der Waals surface area contributed by atoms with Crippen LogP contribution in [0, 0.1) is 0 Å². The standard InChI is InChI=1S/C14H24N4O3/c1-5-7-18-12(15)11(13(19)17(4)14(18)20)16-6-8-21-9-10(2)3/h16H,2,5-9,15H2,1,3-4H3. The van der Waals surface area contributed by atoms with E-state index >= 15 is 0 Å². The lowest BCUT2D eigenvalue weighted by molar-refractivity contribution is 0.167. The van der Waals surface area contributed by atoms with Gasteiger partial charge in [0.15, 0.2) is 0 Å². The van der Waals surface area contributed by atoms with Crippen LogP contribution in [0.5, 0.6) is 0 Å². The van der Waals surface area contributed by atoms with Crippen molar-refractivity contribution in [2.75, 3.05) is 30.8 Å². The number of ether oxygens (including phenoxy) is 1. The zero-order valence-corrected chi connectivity index (χ0v) is 12.9. The smallest absolute Gasteiger partial charge is 0.332 e. The Kier molecular flexibility index (Phi) is 6.23. The van der Waals surface area contributed by atoms with E-state index in [1.807, 2.05) is 13.8 Å². The van der Waals surface area contributed by atoms with Gasteiger partial charge in [0.25, 0.3) is 5.56 Å². The Bertz CT molecular complexity index is 616. The van der Waals surface area contributed by atoms with Gasteiger partial charge in [0.1, 0.15) is 11.5 Å². The molecule has 7 heteroatoms. The second-order valence-electron chi connectivity index (χ2n) is 5.00. The lowest BCUT2D eigenvalue weighted by atomic mass is 10.4. The van der Waals surface area contributed by atoms with Crippen LogP contribution in [0.15, 0.2) is 21.7 Å². The Labute approximate surface area is 124 Å². The summed E-state index contributed by atoms with van der Waals surface area (Å²) >= 11 is 0. The van der Waals surface area contributed by atoms with Crippen LogP contribution in [-0.2, 0) is 18.3 Å². The molecule has 0 spiro atoms. The molecule has 1 rings (SSSR count). The van der Waals surface area contributed by atoms with Gasteiger partial charge in [0, 0.05) is 20.1 Å². The van der Waals surface area contributed by atoms with Crippen molar-refractivity contribution in [3.05, 3.63) is 33.0 Å². The monoisotopic (exact) mass is 296 g/mol. The molecular formula is C14H24N4O3. The molecular weight excluding hydrogens is 272 g/mol. The van der Waals surface area contributed by atoms with Crippen LogP contribution in [-0.4, -0.2) is 28.9 Å². The molecule has 0 bridgehead atoms. The van der Waals surface area contributed by atoms with Crippen LogP contribution in [0.2, 0.25) is 0 Å². The second-order valence-corrected chi connectivity index (χ2v) is 5.00. The maximum atomic E-state index is 12.1. The minimum absolute atomic E-state index is 0.171. The van der Waals surface area contributed by atoms with E-state index in [9.17, 15) is 9.59 Å². The van der Waals surface area contributed by atoms with Gasteiger partial charge in [-0.3, -0.25) is 13.9 Å². The zero-order chi connectivity index (χ0) is 16.0. The molecule has 0 radical (unpaired) electrons. The van der Waals surface area contributed by atoms with Crippen molar-refractivity contribution in [1.82, 2.24) is 9.13 Å². The highest BCUT2D eigenvalue weighted by Crippen LogP contribution is 2.10. The Morgan fingerprint density at radius 2 is 2.10 bits per heavy atom. The van der Waals surface area contributed by atoms with Gasteiger partial charge in [0.05, 0.1) is 13.2 Å². The number of rotatable bonds is 8. The third kappa shape index (κ3) is 4.22. The molecule has 7 nitrogen and oxygen atoms in total. The lowest BCUT2D eigenvalue weighted by Crippen LogP contribution is -2.41. The lowest BCUT2D eigenvalue weighted by Gasteiger charge is -2.15.